The number of nitrogens with one attached hydrogen (secondary N) is 1. The third kappa shape index (κ3) is 3.18. The lowest BCUT2D eigenvalue weighted by molar-refractivity contribution is 0.102. The summed E-state index contributed by atoms with van der Waals surface area (Å²) in [6.45, 7) is 1.93. The molecule has 104 valence electrons. The van der Waals surface area contributed by atoms with Crippen LogP contribution < -0.4 is 10.1 Å². The van der Waals surface area contributed by atoms with Crippen LogP contribution in [0.15, 0.2) is 24.3 Å². The second kappa shape index (κ2) is 6.07. The van der Waals surface area contributed by atoms with E-state index in [2.05, 4.69) is 15.5 Å². The van der Waals surface area contributed by atoms with E-state index >= 15 is 0 Å². The fourth-order valence-corrected chi connectivity index (χ4v) is 1.93. The molecule has 0 aliphatic heterocycles. The molecule has 1 aromatic heterocycles. The van der Waals surface area contributed by atoms with E-state index in [1.54, 1.807) is 6.07 Å². The Morgan fingerprint density at radius 1 is 1.25 bits per heavy atom. The Morgan fingerprint density at radius 2 is 2.00 bits per heavy atom. The monoisotopic (exact) mass is 311 g/mol. The number of ether oxygens (including phenoxy) is 1. The number of anilines is 1. The molecule has 0 spiro atoms. The second-order valence-electron chi connectivity index (χ2n) is 4.03. The number of carbonyl (C=O) groups is 1. The van der Waals surface area contributed by atoms with Gasteiger partial charge in [-0.3, -0.25) is 4.79 Å². The number of hydrogen-bond donors (Lipinski definition) is 1. The van der Waals surface area contributed by atoms with E-state index < -0.39 is 5.91 Å². The van der Waals surface area contributed by atoms with Crippen molar-refractivity contribution >= 4 is 34.8 Å². The predicted octanol–water partition coefficient (Wildman–Crippen LogP) is 3.35. The van der Waals surface area contributed by atoms with Crippen molar-refractivity contribution in [3.63, 3.8) is 0 Å². The van der Waals surface area contributed by atoms with Gasteiger partial charge in [-0.1, -0.05) is 29.3 Å². The Labute approximate surface area is 125 Å². The fraction of sp³-hybridized carbons (Fsp3) is 0.154. The van der Waals surface area contributed by atoms with E-state index in [1.807, 2.05) is 19.1 Å². The molecule has 0 saturated carbocycles. The van der Waals surface area contributed by atoms with Crippen LogP contribution in [0, 0.1) is 6.92 Å². The van der Waals surface area contributed by atoms with Crippen molar-refractivity contribution in [3.8, 4) is 5.75 Å². The van der Waals surface area contributed by atoms with Gasteiger partial charge in [0.25, 0.3) is 5.91 Å². The molecule has 7 heteroatoms. The summed E-state index contributed by atoms with van der Waals surface area (Å²) in [6, 6.07) is 6.77. The van der Waals surface area contributed by atoms with Crippen LogP contribution in [0.5, 0.6) is 5.75 Å². The number of hydrogen-bond acceptors (Lipinski definition) is 4. The minimum atomic E-state index is -0.436. The molecular weight excluding hydrogens is 301 g/mol. The summed E-state index contributed by atoms with van der Waals surface area (Å²) in [5.74, 6) is 0.122. The number of halogens is 2. The van der Waals surface area contributed by atoms with Gasteiger partial charge >= 0.3 is 0 Å². The van der Waals surface area contributed by atoms with Gasteiger partial charge in [0.05, 0.1) is 18.4 Å². The molecule has 0 unspecified atom stereocenters. The molecule has 5 nitrogen and oxygen atoms in total. The van der Waals surface area contributed by atoms with Crippen molar-refractivity contribution in [2.45, 2.75) is 6.92 Å². The smallest absolute Gasteiger partial charge is 0.259 e. The first-order valence-electron chi connectivity index (χ1n) is 5.66. The second-order valence-corrected chi connectivity index (χ2v) is 4.77. The zero-order valence-corrected chi connectivity index (χ0v) is 12.3. The highest BCUT2D eigenvalue weighted by molar-refractivity contribution is 6.34. The number of aryl methyl sites for hydroxylation is 1. The zero-order chi connectivity index (χ0) is 14.7. The van der Waals surface area contributed by atoms with Gasteiger partial charge in [-0.05, 0) is 30.7 Å². The van der Waals surface area contributed by atoms with Gasteiger partial charge < -0.3 is 10.1 Å². The molecule has 0 saturated heterocycles. The van der Waals surface area contributed by atoms with Crippen LogP contribution in [-0.2, 0) is 0 Å². The number of benzene rings is 1. The molecule has 1 amide bonds. The van der Waals surface area contributed by atoms with E-state index in [0.29, 0.717) is 11.4 Å². The zero-order valence-electron chi connectivity index (χ0n) is 10.8. The van der Waals surface area contributed by atoms with E-state index in [4.69, 9.17) is 27.9 Å². The Bertz CT molecular complexity index is 662. The molecule has 1 N–H and O–H groups in total. The van der Waals surface area contributed by atoms with Gasteiger partial charge in [0, 0.05) is 0 Å². The van der Waals surface area contributed by atoms with E-state index in [9.17, 15) is 4.79 Å². The van der Waals surface area contributed by atoms with Crippen LogP contribution in [0.25, 0.3) is 0 Å². The summed E-state index contributed by atoms with van der Waals surface area (Å²) in [5.41, 5.74) is 1.70. The molecule has 0 radical (unpaired) electrons. The van der Waals surface area contributed by atoms with Crippen molar-refractivity contribution in [2.75, 3.05) is 12.4 Å². The Kier molecular flexibility index (Phi) is 4.42. The Hall–Kier alpha value is -1.85. The molecule has 0 aliphatic rings. The maximum Gasteiger partial charge on any atom is 0.259 e. The summed E-state index contributed by atoms with van der Waals surface area (Å²) < 4.78 is 5.22. The van der Waals surface area contributed by atoms with Crippen LogP contribution in [-0.4, -0.2) is 23.2 Å². The molecule has 20 heavy (non-hydrogen) atoms. The summed E-state index contributed by atoms with van der Waals surface area (Å²) >= 11 is 11.5. The maximum absolute atomic E-state index is 12.2. The summed E-state index contributed by atoms with van der Waals surface area (Å²) in [5, 5.41) is 9.92. The first-order valence-corrected chi connectivity index (χ1v) is 6.41. The minimum absolute atomic E-state index is 0.0158. The van der Waals surface area contributed by atoms with Gasteiger partial charge in [-0.15, -0.1) is 10.2 Å². The van der Waals surface area contributed by atoms with Gasteiger partial charge in [0.2, 0.25) is 0 Å². The highest BCUT2D eigenvalue weighted by Crippen LogP contribution is 2.26. The van der Waals surface area contributed by atoms with E-state index in [-0.39, 0.29) is 15.9 Å². The number of aromatic nitrogens is 2. The topological polar surface area (TPSA) is 64.1 Å². The molecule has 0 fully saturated rings. The van der Waals surface area contributed by atoms with Crippen molar-refractivity contribution < 1.29 is 9.53 Å². The van der Waals surface area contributed by atoms with Crippen molar-refractivity contribution in [3.05, 3.63) is 45.7 Å². The third-order valence-corrected chi connectivity index (χ3v) is 3.03. The van der Waals surface area contributed by atoms with E-state index in [0.717, 1.165) is 5.56 Å². The number of nitrogens with zero attached hydrogens (tertiary/aromatic N) is 2. The number of rotatable bonds is 3. The fourth-order valence-electron chi connectivity index (χ4n) is 1.60. The summed E-state index contributed by atoms with van der Waals surface area (Å²) in [4.78, 5) is 12.2. The van der Waals surface area contributed by atoms with Crippen molar-refractivity contribution in [1.29, 1.82) is 0 Å². The predicted molar refractivity (Wildman–Crippen MR) is 77.7 cm³/mol. The molecule has 1 aromatic carbocycles. The van der Waals surface area contributed by atoms with Gasteiger partial charge in [-0.25, -0.2) is 0 Å². The first kappa shape index (κ1) is 14.6. The number of methoxy groups -OCH3 is 1. The summed E-state index contributed by atoms with van der Waals surface area (Å²) in [7, 11) is 1.53. The van der Waals surface area contributed by atoms with Gasteiger partial charge in [0.15, 0.2) is 10.3 Å². The molecule has 1 heterocycles. The number of carbonyl (C=O) groups excluding carboxylic acids is 1. The van der Waals surface area contributed by atoms with Crippen molar-refractivity contribution in [2.24, 2.45) is 0 Å². The summed E-state index contributed by atoms with van der Waals surface area (Å²) in [6.07, 6.45) is 0. The molecule has 0 atom stereocenters. The Balaban J connectivity index is 2.30. The van der Waals surface area contributed by atoms with Gasteiger partial charge in [-0.2, -0.15) is 0 Å². The minimum Gasteiger partial charge on any atom is -0.495 e. The number of amides is 1. The molecule has 2 rings (SSSR count). The molecule has 0 bridgehead atoms. The van der Waals surface area contributed by atoms with E-state index in [1.165, 1.54) is 13.2 Å². The molecule has 2 aromatic rings. The lowest BCUT2D eigenvalue weighted by atomic mass is 10.2. The molecule has 0 aliphatic carbocycles. The quantitative estimate of drug-likeness (QED) is 0.944. The maximum atomic E-state index is 12.2. The van der Waals surface area contributed by atoms with Crippen LogP contribution in [0.2, 0.25) is 10.3 Å². The SMILES string of the molecule is COc1cc(C)ccc1NC(=O)c1cc(Cl)nnc1Cl. The normalized spacial score (nSPS) is 10.2. The average molecular weight is 312 g/mol. The standard InChI is InChI=1S/C13H11Cl2N3O2/c1-7-3-4-9(10(5-7)20-2)16-13(19)8-6-11(14)17-18-12(8)15/h3-6H,1-2H3,(H,16,19). The third-order valence-electron chi connectivity index (χ3n) is 2.57. The molecular formula is C13H11Cl2N3O2. The largest absolute Gasteiger partial charge is 0.495 e. The van der Waals surface area contributed by atoms with Crippen LogP contribution in [0.3, 0.4) is 0 Å². The lowest BCUT2D eigenvalue weighted by Gasteiger charge is -2.11. The van der Waals surface area contributed by atoms with Crippen molar-refractivity contribution in [1.82, 2.24) is 10.2 Å². The highest BCUT2D eigenvalue weighted by Gasteiger charge is 2.15. The lowest BCUT2D eigenvalue weighted by Crippen LogP contribution is -2.14. The first-order chi connectivity index (χ1) is 9.51. The van der Waals surface area contributed by atoms with Gasteiger partial charge in [0.1, 0.15) is 5.75 Å². The Morgan fingerprint density at radius 3 is 2.70 bits per heavy atom. The van der Waals surface area contributed by atoms with Crippen LogP contribution in [0.4, 0.5) is 5.69 Å². The van der Waals surface area contributed by atoms with Crippen LogP contribution in [0.1, 0.15) is 15.9 Å². The van der Waals surface area contributed by atoms with Crippen LogP contribution >= 0.6 is 23.2 Å². The highest BCUT2D eigenvalue weighted by atomic mass is 35.5. The average Bonchev–Trinajstić information content (AvgIpc) is 2.43.